The van der Waals surface area contributed by atoms with Gasteiger partial charge in [-0.25, -0.2) is 4.79 Å². The number of amides is 3. The highest BCUT2D eigenvalue weighted by Gasteiger charge is 2.52. The molecule has 0 aromatic carbocycles. The fraction of sp³-hybridized carbons (Fsp3) is 0.789. The van der Waals surface area contributed by atoms with E-state index in [1.165, 1.54) is 0 Å². The van der Waals surface area contributed by atoms with E-state index < -0.39 is 0 Å². The molecule has 4 aliphatic rings. The Balaban J connectivity index is 1.40. The number of fused-ring (bicyclic) bond motifs is 1. The molecule has 0 spiro atoms. The molecular weight excluding hydrogens is 345 g/mol. The summed E-state index contributed by atoms with van der Waals surface area (Å²) in [6.45, 7) is 10.7. The fourth-order valence-electron chi connectivity index (χ4n) is 4.44. The highest BCUT2D eigenvalue weighted by Crippen LogP contribution is 2.39. The zero-order chi connectivity index (χ0) is 19.4. The molecule has 0 aromatic rings. The summed E-state index contributed by atoms with van der Waals surface area (Å²) in [6.07, 6.45) is 4.60. The first-order valence-corrected chi connectivity index (χ1v) is 10.1. The van der Waals surface area contributed by atoms with Crippen LogP contribution in [-0.2, 0) is 14.1 Å². The van der Waals surface area contributed by atoms with Crippen molar-refractivity contribution in [2.24, 2.45) is 5.92 Å². The van der Waals surface area contributed by atoms with Crippen molar-refractivity contribution in [2.75, 3.05) is 26.2 Å². The third-order valence-corrected chi connectivity index (χ3v) is 6.92. The molecule has 0 aromatic heterocycles. The molecule has 3 fully saturated rings. The summed E-state index contributed by atoms with van der Waals surface area (Å²) in [5, 5.41) is 2.91. The van der Waals surface area contributed by atoms with E-state index >= 15 is 0 Å². The minimum atomic E-state index is -0.351. The van der Waals surface area contributed by atoms with Crippen molar-refractivity contribution >= 4 is 19.1 Å². The Bertz CT molecular complexity index is 662. The number of carbonyl (C=O) groups is 2. The molecule has 2 atom stereocenters. The molecule has 0 bridgehead atoms. The van der Waals surface area contributed by atoms with Gasteiger partial charge >= 0.3 is 13.1 Å². The van der Waals surface area contributed by atoms with Crippen LogP contribution in [0.4, 0.5) is 4.79 Å². The van der Waals surface area contributed by atoms with Crippen LogP contribution in [0.2, 0.25) is 0 Å². The summed E-state index contributed by atoms with van der Waals surface area (Å²) in [5.41, 5.74) is 0.416. The van der Waals surface area contributed by atoms with Crippen LogP contribution in [0.15, 0.2) is 11.5 Å². The summed E-state index contributed by atoms with van der Waals surface area (Å²) in [7, 11) is -0.330. The Morgan fingerprint density at radius 1 is 1.22 bits per heavy atom. The number of hydrogen-bond donors (Lipinski definition) is 1. The Morgan fingerprint density at radius 2 is 1.93 bits per heavy atom. The average molecular weight is 375 g/mol. The van der Waals surface area contributed by atoms with Gasteiger partial charge in [0.2, 0.25) is 5.91 Å². The van der Waals surface area contributed by atoms with Crippen molar-refractivity contribution in [2.45, 2.75) is 64.2 Å². The Hall–Kier alpha value is -1.54. The van der Waals surface area contributed by atoms with Crippen LogP contribution in [0, 0.1) is 5.92 Å². The predicted octanol–water partition coefficient (Wildman–Crippen LogP) is 1.58. The highest BCUT2D eigenvalue weighted by molar-refractivity contribution is 6.54. The van der Waals surface area contributed by atoms with Crippen LogP contribution >= 0.6 is 0 Å². The fourth-order valence-corrected chi connectivity index (χ4v) is 4.44. The molecule has 148 valence electrons. The molecule has 0 radical (unpaired) electrons. The quantitative estimate of drug-likeness (QED) is 0.707. The zero-order valence-electron chi connectivity index (χ0n) is 16.8. The number of rotatable bonds is 1. The van der Waals surface area contributed by atoms with Crippen LogP contribution in [0.3, 0.4) is 0 Å². The lowest BCUT2D eigenvalue weighted by Gasteiger charge is -2.40. The van der Waals surface area contributed by atoms with E-state index in [9.17, 15) is 9.59 Å². The number of carbonyl (C=O) groups excluding carboxylic acids is 2. The molecule has 4 aliphatic heterocycles. The van der Waals surface area contributed by atoms with Crippen LogP contribution in [0.1, 0.15) is 47.0 Å². The number of nitrogens with one attached hydrogen (secondary N) is 1. The smallest absolute Gasteiger partial charge is 0.400 e. The van der Waals surface area contributed by atoms with Gasteiger partial charge in [-0.05, 0) is 52.4 Å². The second-order valence-electron chi connectivity index (χ2n) is 9.10. The van der Waals surface area contributed by atoms with Gasteiger partial charge in [-0.1, -0.05) is 6.08 Å². The topological polar surface area (TPSA) is 71.1 Å². The minimum absolute atomic E-state index is 0.00669. The van der Waals surface area contributed by atoms with Gasteiger partial charge in [0.25, 0.3) is 0 Å². The van der Waals surface area contributed by atoms with Gasteiger partial charge in [-0.3, -0.25) is 4.79 Å². The van der Waals surface area contributed by atoms with Crippen molar-refractivity contribution in [1.82, 2.24) is 15.1 Å². The lowest BCUT2D eigenvalue weighted by molar-refractivity contribution is -0.123. The molecule has 3 saturated heterocycles. The maximum Gasteiger partial charge on any atom is 0.490 e. The van der Waals surface area contributed by atoms with Gasteiger partial charge in [0.05, 0.1) is 23.2 Å². The monoisotopic (exact) mass is 375 g/mol. The van der Waals surface area contributed by atoms with Gasteiger partial charge in [-0.2, -0.15) is 0 Å². The lowest BCUT2D eigenvalue weighted by atomic mass is 9.75. The Labute approximate surface area is 161 Å². The summed E-state index contributed by atoms with van der Waals surface area (Å²) in [4.78, 5) is 28.8. The van der Waals surface area contributed by atoms with Gasteiger partial charge in [0.15, 0.2) is 0 Å². The molecular formula is C19H30BN3O4. The van der Waals surface area contributed by atoms with Gasteiger partial charge < -0.3 is 24.4 Å². The van der Waals surface area contributed by atoms with E-state index in [0.717, 1.165) is 31.3 Å². The molecule has 3 amide bonds. The number of likely N-dealkylation sites (tertiary alicyclic amines) is 1. The Morgan fingerprint density at radius 3 is 2.56 bits per heavy atom. The van der Waals surface area contributed by atoms with E-state index in [-0.39, 0.29) is 42.2 Å². The van der Waals surface area contributed by atoms with Gasteiger partial charge in [0.1, 0.15) is 0 Å². The van der Waals surface area contributed by atoms with E-state index in [2.05, 4.69) is 39.1 Å². The number of hydrogen-bond acceptors (Lipinski definition) is 4. The van der Waals surface area contributed by atoms with Gasteiger partial charge in [-0.15, -0.1) is 0 Å². The van der Waals surface area contributed by atoms with Crippen LogP contribution < -0.4 is 5.32 Å². The number of nitrogens with zero attached hydrogens (tertiary/aromatic N) is 2. The molecule has 27 heavy (non-hydrogen) atoms. The van der Waals surface area contributed by atoms with Crippen molar-refractivity contribution in [3.63, 3.8) is 0 Å². The van der Waals surface area contributed by atoms with E-state index in [1.54, 1.807) is 0 Å². The summed E-state index contributed by atoms with van der Waals surface area (Å²) < 4.78 is 12.3. The maximum atomic E-state index is 13.1. The summed E-state index contributed by atoms with van der Waals surface area (Å²) >= 11 is 0. The van der Waals surface area contributed by atoms with E-state index in [1.807, 2.05) is 9.80 Å². The van der Waals surface area contributed by atoms with Crippen molar-refractivity contribution in [1.29, 1.82) is 0 Å². The molecule has 0 saturated carbocycles. The second-order valence-corrected chi connectivity index (χ2v) is 9.10. The molecule has 4 heterocycles. The second kappa shape index (κ2) is 6.52. The third kappa shape index (κ3) is 3.16. The normalized spacial score (nSPS) is 32.2. The number of urea groups is 1. The molecule has 0 unspecified atom stereocenters. The predicted molar refractivity (Wildman–Crippen MR) is 102 cm³/mol. The molecule has 4 rings (SSSR count). The first kappa shape index (κ1) is 18.8. The molecule has 1 N–H and O–H groups in total. The standard InChI is InChI=1S/C19H30BN3O4/c1-18(2)19(3,4)27-20(26-18)13-7-10-22(11-8-13)17(25)23-9-5-6-14-15(23)12-21-16(14)24/h7,14-15H,5-6,8-12H2,1-4H3,(H,21,24)/t14-,15-/m1/s1. The largest absolute Gasteiger partial charge is 0.490 e. The first-order chi connectivity index (χ1) is 12.7. The van der Waals surface area contributed by atoms with Crippen molar-refractivity contribution in [3.8, 4) is 0 Å². The summed E-state index contributed by atoms with van der Waals surface area (Å²) in [6, 6.07) is 0.0534. The molecule has 0 aliphatic carbocycles. The average Bonchev–Trinajstić information content (AvgIpc) is 3.11. The highest BCUT2D eigenvalue weighted by atomic mass is 16.7. The molecule has 8 heteroatoms. The Kier molecular flexibility index (Phi) is 4.54. The zero-order valence-corrected chi connectivity index (χ0v) is 16.8. The van der Waals surface area contributed by atoms with Crippen molar-refractivity contribution in [3.05, 3.63) is 11.5 Å². The van der Waals surface area contributed by atoms with Crippen molar-refractivity contribution < 1.29 is 18.9 Å². The molecule has 7 nitrogen and oxygen atoms in total. The third-order valence-electron chi connectivity index (χ3n) is 6.92. The summed E-state index contributed by atoms with van der Waals surface area (Å²) in [5.74, 6) is 0.0578. The SMILES string of the molecule is CC1(C)OB(C2=CCN(C(=O)N3CCC[C@H]4C(=O)NC[C@H]43)CC2)OC1(C)C. The van der Waals surface area contributed by atoms with E-state index in [0.29, 0.717) is 19.6 Å². The van der Waals surface area contributed by atoms with Crippen LogP contribution in [-0.4, -0.2) is 72.3 Å². The number of piperidine rings is 1. The van der Waals surface area contributed by atoms with Crippen LogP contribution in [0.5, 0.6) is 0 Å². The first-order valence-electron chi connectivity index (χ1n) is 10.1. The maximum absolute atomic E-state index is 13.1. The lowest BCUT2D eigenvalue weighted by Crippen LogP contribution is -2.54. The van der Waals surface area contributed by atoms with Crippen LogP contribution in [0.25, 0.3) is 0 Å². The van der Waals surface area contributed by atoms with E-state index in [4.69, 9.17) is 9.31 Å². The van der Waals surface area contributed by atoms with Gasteiger partial charge in [0, 0.05) is 26.2 Å². The minimum Gasteiger partial charge on any atom is -0.400 e.